The van der Waals surface area contributed by atoms with Gasteiger partial charge in [0, 0.05) is 0 Å². The van der Waals surface area contributed by atoms with E-state index in [1.54, 1.807) is 11.8 Å². The van der Waals surface area contributed by atoms with Gasteiger partial charge < -0.3 is 19.8 Å². The van der Waals surface area contributed by atoms with Gasteiger partial charge >= 0.3 is 59.1 Å². The summed E-state index contributed by atoms with van der Waals surface area (Å²) in [6.45, 7) is 3.16. The molecule has 0 amide bonds. The van der Waals surface area contributed by atoms with Crippen LogP contribution in [0.15, 0.2) is 0 Å². The molecule has 0 aromatic rings. The van der Waals surface area contributed by atoms with E-state index in [0.717, 1.165) is 0 Å². The number of hydrogen-bond donors (Lipinski definition) is 2. The molecule has 2 N–H and O–H groups in total. The van der Waals surface area contributed by atoms with E-state index in [1.165, 1.54) is 6.61 Å². The van der Waals surface area contributed by atoms with Crippen LogP contribution in [0.4, 0.5) is 0 Å². The van der Waals surface area contributed by atoms with E-state index >= 15 is 0 Å². The number of likely N-dealkylation sites (N-methyl/N-ethyl adjacent to an activating group) is 1. The van der Waals surface area contributed by atoms with Crippen LogP contribution in [0, 0.1) is 6.61 Å². The molecule has 0 unspecified atom stereocenters. The summed E-state index contributed by atoms with van der Waals surface area (Å²) in [4.78, 5) is 1.80. The first-order valence-electron chi connectivity index (χ1n) is 4.05. The minimum absolute atomic E-state index is 0. The molecule has 0 saturated carbocycles. The summed E-state index contributed by atoms with van der Waals surface area (Å²) in [5, 5.41) is 19.1. The van der Waals surface area contributed by atoms with Crippen LogP contribution in [0.5, 0.6) is 0 Å². The summed E-state index contributed by atoms with van der Waals surface area (Å²) >= 11 is 0. The topological polar surface area (TPSA) is 52.9 Å². The van der Waals surface area contributed by atoms with Gasteiger partial charge in [-0.15, -0.1) is 0 Å². The summed E-state index contributed by atoms with van der Waals surface area (Å²) in [6.07, 6.45) is -1.60. The van der Waals surface area contributed by atoms with Gasteiger partial charge in [0.15, 0.2) is 0 Å². The van der Waals surface area contributed by atoms with E-state index in [4.69, 9.17) is 4.74 Å². The molecule has 6 heteroatoms. The summed E-state index contributed by atoms with van der Waals surface area (Å²) in [6, 6.07) is -0.270. The summed E-state index contributed by atoms with van der Waals surface area (Å²) in [5.41, 5.74) is 0. The fourth-order valence-corrected chi connectivity index (χ4v) is 1.46. The molecule has 0 aromatic heterocycles. The molecule has 0 aliphatic carbocycles. The number of ether oxygens (including phenoxy) is 1. The van der Waals surface area contributed by atoms with E-state index in [2.05, 4.69) is 0 Å². The first kappa shape index (κ1) is 18.2. The van der Waals surface area contributed by atoms with Crippen LogP contribution >= 0.6 is 0 Å². The molecule has 4 nitrogen and oxygen atoms in total. The van der Waals surface area contributed by atoms with Gasteiger partial charge in [0.2, 0.25) is 0 Å². The predicted octanol–water partition coefficient (Wildman–Crippen LogP) is -2.08. The van der Waals surface area contributed by atoms with Crippen molar-refractivity contribution in [1.29, 1.82) is 0 Å². The average molecular weight is 222 g/mol. The second-order valence-corrected chi connectivity index (χ2v) is 3.41. The van der Waals surface area contributed by atoms with Crippen LogP contribution in [0.1, 0.15) is 6.92 Å². The van der Waals surface area contributed by atoms with Gasteiger partial charge in [0.25, 0.3) is 0 Å². The molecule has 0 spiro atoms. The molecule has 75 valence electrons. The normalized spacial score (nSPS) is 37.3. The van der Waals surface area contributed by atoms with Gasteiger partial charge in [0.05, 0.1) is 18.2 Å². The van der Waals surface area contributed by atoms with Crippen LogP contribution in [0.3, 0.4) is 0 Å². The Balaban J connectivity index is 0. The Morgan fingerprint density at radius 2 is 1.71 bits per heavy atom. The van der Waals surface area contributed by atoms with Crippen LogP contribution in [0.2, 0.25) is 0 Å². The van der Waals surface area contributed by atoms with E-state index in [1.807, 2.05) is 14.1 Å². The molecule has 1 aliphatic heterocycles. The summed E-state index contributed by atoms with van der Waals surface area (Å²) in [5.74, 6) is 0. The fourth-order valence-electron chi connectivity index (χ4n) is 1.46. The molecular formula is C8H18NNa2O3. The van der Waals surface area contributed by atoms with Crippen molar-refractivity contribution in [3.05, 3.63) is 6.61 Å². The van der Waals surface area contributed by atoms with Gasteiger partial charge in [-0.2, -0.15) is 0 Å². The van der Waals surface area contributed by atoms with Gasteiger partial charge in [-0.1, -0.05) is 0 Å². The summed E-state index contributed by atoms with van der Waals surface area (Å²) < 4.78 is 5.03. The number of aliphatic hydroxyl groups excluding tert-OH is 2. The first-order chi connectivity index (χ1) is 5.54. The van der Waals surface area contributed by atoms with E-state index in [-0.39, 0.29) is 71.3 Å². The zero-order chi connectivity index (χ0) is 9.30. The molecule has 14 heavy (non-hydrogen) atoms. The molecule has 1 radical (unpaired) electrons. The van der Waals surface area contributed by atoms with Gasteiger partial charge in [-0.3, -0.25) is 0 Å². The maximum atomic E-state index is 9.63. The molecule has 0 aromatic carbocycles. The Morgan fingerprint density at radius 3 is 2.07 bits per heavy atom. The van der Waals surface area contributed by atoms with Crippen molar-refractivity contribution in [3.63, 3.8) is 0 Å². The first-order valence-corrected chi connectivity index (χ1v) is 4.05. The molecule has 1 aliphatic rings. The van der Waals surface area contributed by atoms with Crippen LogP contribution in [0.25, 0.3) is 0 Å². The fraction of sp³-hybridized carbons (Fsp3) is 0.875. The van der Waals surface area contributed by atoms with E-state index < -0.39 is 12.2 Å². The quantitative estimate of drug-likeness (QED) is 0.500. The Kier molecular flexibility index (Phi) is 10.4. The molecule has 1 saturated heterocycles. The van der Waals surface area contributed by atoms with Crippen LogP contribution in [-0.4, -0.2) is 113 Å². The van der Waals surface area contributed by atoms with Crippen LogP contribution in [-0.2, 0) is 4.74 Å². The minimum atomic E-state index is -0.716. The SMILES string of the molecule is C[C@H]1O[CH][C@H](O)[C@H](N(C)C)[C@@H]1O.[NaH].[NaH]. The number of rotatable bonds is 1. The molecule has 1 fully saturated rings. The Morgan fingerprint density at radius 1 is 1.21 bits per heavy atom. The summed E-state index contributed by atoms with van der Waals surface area (Å²) in [7, 11) is 3.64. The van der Waals surface area contributed by atoms with Gasteiger partial charge in [-0.25, -0.2) is 0 Å². The van der Waals surface area contributed by atoms with E-state index in [9.17, 15) is 10.2 Å². The van der Waals surface area contributed by atoms with Crippen molar-refractivity contribution in [3.8, 4) is 0 Å². The third-order valence-corrected chi connectivity index (χ3v) is 2.21. The van der Waals surface area contributed by atoms with Crippen molar-refractivity contribution in [2.24, 2.45) is 0 Å². The van der Waals surface area contributed by atoms with Crippen LogP contribution < -0.4 is 0 Å². The second-order valence-electron chi connectivity index (χ2n) is 3.41. The Labute approximate surface area is 130 Å². The van der Waals surface area contributed by atoms with Crippen molar-refractivity contribution >= 4 is 59.1 Å². The second kappa shape index (κ2) is 8.01. The third kappa shape index (κ3) is 4.37. The average Bonchev–Trinajstić information content (AvgIpc) is 1.97. The van der Waals surface area contributed by atoms with Crippen molar-refractivity contribution in [2.45, 2.75) is 31.3 Å². The Bertz CT molecular complexity index is 160. The van der Waals surface area contributed by atoms with Gasteiger partial charge in [0.1, 0.15) is 12.7 Å². The monoisotopic (exact) mass is 222 g/mol. The van der Waals surface area contributed by atoms with Crippen molar-refractivity contribution in [1.82, 2.24) is 4.90 Å². The zero-order valence-corrected chi connectivity index (χ0v) is 7.64. The van der Waals surface area contributed by atoms with E-state index in [0.29, 0.717) is 0 Å². The molecule has 0 bridgehead atoms. The zero-order valence-electron chi connectivity index (χ0n) is 7.64. The number of hydrogen-bond acceptors (Lipinski definition) is 4. The third-order valence-electron chi connectivity index (χ3n) is 2.21. The molecule has 4 atom stereocenters. The van der Waals surface area contributed by atoms with Gasteiger partial charge in [-0.05, 0) is 21.0 Å². The maximum absolute atomic E-state index is 9.63. The molecular weight excluding hydrogens is 204 g/mol. The molecule has 1 heterocycles. The number of aliphatic hydroxyl groups is 2. The standard InChI is InChI=1S/C8H16NO3.2Na.2H/c1-5-8(11)7(9(2)3)6(10)4-12-5;;;;/h4-8,10-11H,1-3H3;;;;/t5-,6+,7+,8-;;;;/m1..../s1. The Hall–Kier alpha value is 1.84. The molecule has 1 rings (SSSR count). The van der Waals surface area contributed by atoms with Crippen molar-refractivity contribution in [2.75, 3.05) is 14.1 Å². The number of nitrogens with zero attached hydrogens (tertiary/aromatic N) is 1. The van der Waals surface area contributed by atoms with Crippen molar-refractivity contribution < 1.29 is 14.9 Å². The predicted molar refractivity (Wildman–Crippen MR) is 58.6 cm³/mol.